The maximum Gasteiger partial charge on any atom is 0.261 e. The molecule has 1 amide bonds. The zero-order chi connectivity index (χ0) is 15.2. The van der Waals surface area contributed by atoms with Gasteiger partial charge in [0.1, 0.15) is 5.75 Å². The number of halogens is 1. The molecule has 0 saturated heterocycles. The molecule has 0 spiro atoms. The van der Waals surface area contributed by atoms with Crippen molar-refractivity contribution in [3.63, 3.8) is 0 Å². The van der Waals surface area contributed by atoms with E-state index in [1.165, 1.54) is 0 Å². The molecule has 4 nitrogen and oxygen atoms in total. The molecule has 1 aromatic carbocycles. The van der Waals surface area contributed by atoms with Crippen molar-refractivity contribution in [3.05, 3.63) is 58.8 Å². The molecule has 21 heavy (non-hydrogen) atoms. The van der Waals surface area contributed by atoms with Gasteiger partial charge in [-0.2, -0.15) is 0 Å². The molecule has 1 heterocycles. The molecular formula is C16H17BrN2O2. The number of benzene rings is 1. The van der Waals surface area contributed by atoms with Crippen LogP contribution in [0.1, 0.15) is 25.5 Å². The molecule has 1 N–H and O–H groups in total. The average Bonchev–Trinajstić information content (AvgIpc) is 2.50. The van der Waals surface area contributed by atoms with E-state index in [-0.39, 0.29) is 11.9 Å². The summed E-state index contributed by atoms with van der Waals surface area (Å²) in [6, 6.07) is 11.1. The summed E-state index contributed by atoms with van der Waals surface area (Å²) < 4.78 is 6.50. The highest BCUT2D eigenvalue weighted by molar-refractivity contribution is 9.10. The predicted octanol–water partition coefficient (Wildman–Crippen LogP) is 3.49. The van der Waals surface area contributed by atoms with E-state index in [2.05, 4.69) is 26.2 Å². The van der Waals surface area contributed by atoms with E-state index in [4.69, 9.17) is 4.74 Å². The van der Waals surface area contributed by atoms with Crippen molar-refractivity contribution in [1.29, 1.82) is 0 Å². The van der Waals surface area contributed by atoms with Crippen LogP contribution in [0.25, 0.3) is 0 Å². The maximum atomic E-state index is 12.2. The fourth-order valence-corrected chi connectivity index (χ4v) is 2.23. The normalized spacial score (nSPS) is 13.3. The molecule has 0 bridgehead atoms. The van der Waals surface area contributed by atoms with E-state index in [9.17, 15) is 4.79 Å². The second-order valence-corrected chi connectivity index (χ2v) is 5.56. The zero-order valence-electron chi connectivity index (χ0n) is 11.9. The number of pyridine rings is 1. The summed E-state index contributed by atoms with van der Waals surface area (Å²) in [6.07, 6.45) is 2.84. The number of hydrogen-bond donors (Lipinski definition) is 1. The van der Waals surface area contributed by atoms with Gasteiger partial charge in [-0.3, -0.25) is 9.78 Å². The van der Waals surface area contributed by atoms with Crippen molar-refractivity contribution >= 4 is 21.8 Å². The molecule has 0 radical (unpaired) electrons. The molecule has 5 heteroatoms. The van der Waals surface area contributed by atoms with E-state index < -0.39 is 6.10 Å². The third-order valence-electron chi connectivity index (χ3n) is 3.07. The number of nitrogens with zero attached hydrogens (tertiary/aromatic N) is 1. The molecule has 1 aromatic heterocycles. The lowest BCUT2D eigenvalue weighted by atomic mass is 10.1. The lowest BCUT2D eigenvalue weighted by Crippen LogP contribution is -2.37. The summed E-state index contributed by atoms with van der Waals surface area (Å²) in [5.41, 5.74) is 1.01. The Bertz CT molecular complexity index is 604. The monoisotopic (exact) mass is 348 g/mol. The van der Waals surface area contributed by atoms with Crippen molar-refractivity contribution in [2.45, 2.75) is 26.0 Å². The van der Waals surface area contributed by atoms with Crippen molar-refractivity contribution < 1.29 is 9.53 Å². The van der Waals surface area contributed by atoms with Gasteiger partial charge in [-0.25, -0.2) is 0 Å². The number of hydrogen-bond acceptors (Lipinski definition) is 3. The third kappa shape index (κ3) is 4.29. The molecule has 0 unspecified atom stereocenters. The highest BCUT2D eigenvalue weighted by Gasteiger charge is 2.18. The topological polar surface area (TPSA) is 51.2 Å². The Morgan fingerprint density at radius 3 is 2.52 bits per heavy atom. The zero-order valence-corrected chi connectivity index (χ0v) is 13.5. The van der Waals surface area contributed by atoms with Crippen LogP contribution in [0.4, 0.5) is 0 Å². The Kier molecular flexibility index (Phi) is 5.33. The molecular weight excluding hydrogens is 332 g/mol. The third-order valence-corrected chi connectivity index (χ3v) is 3.73. The molecule has 2 atom stereocenters. The van der Waals surface area contributed by atoms with Gasteiger partial charge in [0, 0.05) is 12.4 Å². The summed E-state index contributed by atoms with van der Waals surface area (Å²) in [5, 5.41) is 2.93. The minimum Gasteiger partial charge on any atom is -0.480 e. The fourth-order valence-electron chi connectivity index (χ4n) is 1.85. The minimum atomic E-state index is -0.576. The van der Waals surface area contributed by atoms with Crippen LogP contribution in [0.15, 0.2) is 53.3 Å². The van der Waals surface area contributed by atoms with E-state index in [1.807, 2.05) is 43.3 Å². The predicted molar refractivity (Wildman–Crippen MR) is 85.0 cm³/mol. The minimum absolute atomic E-state index is 0.0919. The van der Waals surface area contributed by atoms with Gasteiger partial charge >= 0.3 is 0 Å². The smallest absolute Gasteiger partial charge is 0.261 e. The number of carbonyl (C=O) groups excluding carboxylic acids is 1. The van der Waals surface area contributed by atoms with Gasteiger partial charge in [0.05, 0.1) is 10.5 Å². The highest BCUT2D eigenvalue weighted by Crippen LogP contribution is 2.25. The van der Waals surface area contributed by atoms with Crippen LogP contribution in [0.2, 0.25) is 0 Å². The molecule has 0 fully saturated rings. The molecule has 110 valence electrons. The van der Waals surface area contributed by atoms with Crippen molar-refractivity contribution in [3.8, 4) is 5.75 Å². The van der Waals surface area contributed by atoms with Crippen molar-refractivity contribution in [1.82, 2.24) is 10.3 Å². The van der Waals surface area contributed by atoms with Crippen LogP contribution in [0.3, 0.4) is 0 Å². The quantitative estimate of drug-likeness (QED) is 0.899. The van der Waals surface area contributed by atoms with Gasteiger partial charge < -0.3 is 10.1 Å². The Morgan fingerprint density at radius 2 is 1.86 bits per heavy atom. The average molecular weight is 349 g/mol. The van der Waals surface area contributed by atoms with Gasteiger partial charge in [-0.15, -0.1) is 0 Å². The van der Waals surface area contributed by atoms with Crippen molar-refractivity contribution in [2.24, 2.45) is 0 Å². The van der Waals surface area contributed by atoms with Gasteiger partial charge in [0.15, 0.2) is 6.10 Å². The Labute approximate surface area is 132 Å². The molecule has 2 aromatic rings. The standard InChI is InChI=1S/C16H17BrN2O2/c1-11(13-7-9-18-10-8-13)19-16(20)12(2)21-15-6-4-3-5-14(15)17/h3-12H,1-2H3,(H,19,20)/t11-,12-/m1/s1. The first-order chi connectivity index (χ1) is 10.1. The largest absolute Gasteiger partial charge is 0.480 e. The fraction of sp³-hybridized carbons (Fsp3) is 0.250. The Hall–Kier alpha value is -1.88. The van der Waals surface area contributed by atoms with E-state index >= 15 is 0 Å². The Balaban J connectivity index is 1.95. The number of aromatic nitrogens is 1. The second kappa shape index (κ2) is 7.22. The summed E-state index contributed by atoms with van der Waals surface area (Å²) in [4.78, 5) is 16.1. The number of para-hydroxylation sites is 1. The first kappa shape index (κ1) is 15.5. The van der Waals surface area contributed by atoms with Crippen LogP contribution in [0.5, 0.6) is 5.75 Å². The maximum absolute atomic E-state index is 12.2. The molecule has 0 saturated carbocycles. The molecule has 0 aliphatic carbocycles. The summed E-state index contributed by atoms with van der Waals surface area (Å²) >= 11 is 3.40. The molecule has 0 aliphatic rings. The van der Waals surface area contributed by atoms with Crippen LogP contribution >= 0.6 is 15.9 Å². The lowest BCUT2D eigenvalue weighted by molar-refractivity contribution is -0.127. The number of ether oxygens (including phenoxy) is 1. The Morgan fingerprint density at radius 1 is 1.19 bits per heavy atom. The van der Waals surface area contributed by atoms with Gasteiger partial charge in [-0.05, 0) is 59.6 Å². The lowest BCUT2D eigenvalue weighted by Gasteiger charge is -2.19. The van der Waals surface area contributed by atoms with E-state index in [0.717, 1.165) is 10.0 Å². The highest BCUT2D eigenvalue weighted by atomic mass is 79.9. The molecule has 0 aliphatic heterocycles. The summed E-state index contributed by atoms with van der Waals surface area (Å²) in [7, 11) is 0. The number of nitrogens with one attached hydrogen (secondary N) is 1. The number of carbonyl (C=O) groups is 1. The second-order valence-electron chi connectivity index (χ2n) is 4.70. The van der Waals surface area contributed by atoms with Crippen LogP contribution in [0, 0.1) is 0 Å². The van der Waals surface area contributed by atoms with Crippen LogP contribution in [-0.2, 0) is 4.79 Å². The first-order valence-corrected chi connectivity index (χ1v) is 7.48. The first-order valence-electron chi connectivity index (χ1n) is 6.69. The SMILES string of the molecule is C[C@@H](Oc1ccccc1Br)C(=O)N[C@H](C)c1ccncc1. The van der Waals surface area contributed by atoms with Gasteiger partial charge in [-0.1, -0.05) is 12.1 Å². The summed E-state index contributed by atoms with van der Waals surface area (Å²) in [5.74, 6) is 0.492. The summed E-state index contributed by atoms with van der Waals surface area (Å²) in [6.45, 7) is 3.66. The van der Waals surface area contributed by atoms with Gasteiger partial charge in [0.25, 0.3) is 5.91 Å². The van der Waals surface area contributed by atoms with Crippen LogP contribution in [-0.4, -0.2) is 17.0 Å². The van der Waals surface area contributed by atoms with Crippen LogP contribution < -0.4 is 10.1 Å². The van der Waals surface area contributed by atoms with E-state index in [0.29, 0.717) is 5.75 Å². The molecule has 2 rings (SSSR count). The van der Waals surface area contributed by atoms with Gasteiger partial charge in [0.2, 0.25) is 0 Å². The number of rotatable bonds is 5. The van der Waals surface area contributed by atoms with Crippen molar-refractivity contribution in [2.75, 3.05) is 0 Å². The number of amides is 1. The van der Waals surface area contributed by atoms with E-state index in [1.54, 1.807) is 19.3 Å².